The van der Waals surface area contributed by atoms with Crippen molar-refractivity contribution < 1.29 is 31.9 Å². The zero-order valence-corrected chi connectivity index (χ0v) is 24.4. The van der Waals surface area contributed by atoms with Gasteiger partial charge in [0.15, 0.2) is 28.1 Å². The molecular formula is C30H31F3N4O4S. The Balaban J connectivity index is 1.42. The van der Waals surface area contributed by atoms with E-state index in [9.17, 15) is 18.0 Å². The number of hydrogen-bond donors (Lipinski definition) is 1. The number of alkyl halides is 3. The standard InChI is InChI=1S/C30H31F3N4O4S/c1-19(21-8-6-5-7-9-21)34-28(38)24-13-11-22(41-24)18-42-29-35-26(30(31,32)33)17-27(36-29)37(2)15-14-20-10-12-23(39-3)25(16-20)40-4/h5-13,16-17,19H,14-15,18H2,1-4H3,(H,34,38)/t19-/m0/s1. The SMILES string of the molecule is COc1ccc(CCN(C)c2cc(C(F)(F)F)nc(SCc3ccc(C(=O)N[C@@H](C)c4ccccc4)o3)n2)cc1OC. The Bertz CT molecular complexity index is 1500. The van der Waals surface area contributed by atoms with Gasteiger partial charge >= 0.3 is 6.18 Å². The van der Waals surface area contributed by atoms with Crippen molar-refractivity contribution in [3.8, 4) is 11.5 Å². The first-order valence-electron chi connectivity index (χ1n) is 13.0. The number of nitrogens with one attached hydrogen (secondary N) is 1. The number of anilines is 1. The van der Waals surface area contributed by atoms with Crippen LogP contribution in [-0.2, 0) is 18.3 Å². The van der Waals surface area contributed by atoms with Crippen LogP contribution < -0.4 is 19.7 Å². The summed E-state index contributed by atoms with van der Waals surface area (Å²) in [6, 6.07) is 18.8. The Kier molecular flexibility index (Phi) is 10.00. The number of ether oxygens (including phenoxy) is 2. The number of thioether (sulfide) groups is 1. The molecule has 8 nitrogen and oxygen atoms in total. The molecular weight excluding hydrogens is 569 g/mol. The van der Waals surface area contributed by atoms with Crippen molar-refractivity contribution in [2.75, 3.05) is 32.7 Å². The maximum Gasteiger partial charge on any atom is 0.433 e. The molecule has 0 radical (unpaired) electrons. The van der Waals surface area contributed by atoms with E-state index in [4.69, 9.17) is 13.9 Å². The van der Waals surface area contributed by atoms with E-state index < -0.39 is 17.8 Å². The van der Waals surface area contributed by atoms with Gasteiger partial charge in [0, 0.05) is 19.7 Å². The Morgan fingerprint density at radius 3 is 2.45 bits per heavy atom. The van der Waals surface area contributed by atoms with Crippen molar-refractivity contribution in [3.63, 3.8) is 0 Å². The third-order valence-corrected chi connectivity index (χ3v) is 7.30. The molecule has 4 rings (SSSR count). The van der Waals surface area contributed by atoms with Crippen LogP contribution in [-0.4, -0.2) is 43.7 Å². The number of methoxy groups -OCH3 is 2. The van der Waals surface area contributed by atoms with Gasteiger partial charge in [-0.05, 0) is 48.7 Å². The molecule has 0 fully saturated rings. The fourth-order valence-corrected chi connectivity index (χ4v) is 4.82. The summed E-state index contributed by atoms with van der Waals surface area (Å²) < 4.78 is 57.3. The van der Waals surface area contributed by atoms with Crippen LogP contribution in [0.4, 0.5) is 19.0 Å². The maximum absolute atomic E-state index is 13.7. The monoisotopic (exact) mass is 600 g/mol. The zero-order chi connectivity index (χ0) is 30.3. The molecule has 12 heteroatoms. The van der Waals surface area contributed by atoms with E-state index in [2.05, 4.69) is 15.3 Å². The van der Waals surface area contributed by atoms with Gasteiger partial charge in [-0.1, -0.05) is 48.2 Å². The molecule has 2 aromatic carbocycles. The summed E-state index contributed by atoms with van der Waals surface area (Å²) in [5.41, 5.74) is 0.830. The number of benzene rings is 2. The van der Waals surface area contributed by atoms with Gasteiger partial charge in [-0.3, -0.25) is 4.79 Å². The molecule has 0 unspecified atom stereocenters. The number of furan rings is 1. The minimum atomic E-state index is -4.65. The summed E-state index contributed by atoms with van der Waals surface area (Å²) in [6.45, 7) is 2.26. The molecule has 2 aromatic heterocycles. The molecule has 0 spiro atoms. The molecule has 0 saturated carbocycles. The van der Waals surface area contributed by atoms with Crippen molar-refractivity contribution >= 4 is 23.5 Å². The van der Waals surface area contributed by atoms with E-state index in [1.807, 2.05) is 49.4 Å². The van der Waals surface area contributed by atoms with Crippen molar-refractivity contribution in [2.24, 2.45) is 0 Å². The lowest BCUT2D eigenvalue weighted by atomic mass is 10.1. The third kappa shape index (κ3) is 7.96. The summed E-state index contributed by atoms with van der Waals surface area (Å²) in [5, 5.41) is 2.81. The molecule has 222 valence electrons. The second kappa shape index (κ2) is 13.6. The molecule has 2 heterocycles. The second-order valence-corrected chi connectivity index (χ2v) is 10.4. The van der Waals surface area contributed by atoms with Crippen molar-refractivity contribution in [3.05, 3.63) is 95.1 Å². The predicted molar refractivity (Wildman–Crippen MR) is 154 cm³/mol. The Morgan fingerprint density at radius 2 is 1.76 bits per heavy atom. The lowest BCUT2D eigenvalue weighted by Crippen LogP contribution is -2.26. The highest BCUT2D eigenvalue weighted by molar-refractivity contribution is 7.98. The highest BCUT2D eigenvalue weighted by atomic mass is 32.2. The Morgan fingerprint density at radius 1 is 1.02 bits per heavy atom. The summed E-state index contributed by atoms with van der Waals surface area (Å²) in [5.74, 6) is 1.55. The fourth-order valence-electron chi connectivity index (χ4n) is 4.07. The number of halogens is 3. The summed E-state index contributed by atoms with van der Waals surface area (Å²) >= 11 is 0.990. The molecule has 1 amide bonds. The average Bonchev–Trinajstić information content (AvgIpc) is 3.48. The summed E-state index contributed by atoms with van der Waals surface area (Å²) in [4.78, 5) is 22.4. The number of aromatic nitrogens is 2. The first kappa shape index (κ1) is 30.8. The minimum absolute atomic E-state index is 0.0575. The Labute approximate surface area is 246 Å². The van der Waals surface area contributed by atoms with E-state index in [1.54, 1.807) is 31.2 Å². The van der Waals surface area contributed by atoms with Gasteiger partial charge in [0.1, 0.15) is 11.6 Å². The lowest BCUT2D eigenvalue weighted by molar-refractivity contribution is -0.141. The summed E-state index contributed by atoms with van der Waals surface area (Å²) in [6.07, 6.45) is -4.12. The average molecular weight is 601 g/mol. The van der Waals surface area contributed by atoms with Crippen LogP contribution >= 0.6 is 11.8 Å². The highest BCUT2D eigenvalue weighted by Gasteiger charge is 2.34. The number of rotatable bonds is 12. The number of carbonyl (C=O) groups excluding carboxylic acids is 1. The molecule has 1 atom stereocenters. The predicted octanol–water partition coefficient (Wildman–Crippen LogP) is 6.57. The van der Waals surface area contributed by atoms with Gasteiger partial charge in [-0.15, -0.1) is 0 Å². The highest BCUT2D eigenvalue weighted by Crippen LogP contribution is 2.33. The second-order valence-electron chi connectivity index (χ2n) is 9.41. The van der Waals surface area contributed by atoms with Crippen molar-refractivity contribution in [2.45, 2.75) is 36.5 Å². The quantitative estimate of drug-likeness (QED) is 0.144. The molecule has 0 aliphatic heterocycles. The Hall–Kier alpha value is -4.19. The van der Waals surface area contributed by atoms with E-state index in [0.29, 0.717) is 30.2 Å². The number of hydrogen-bond acceptors (Lipinski definition) is 8. The van der Waals surface area contributed by atoms with Crippen molar-refractivity contribution in [1.82, 2.24) is 15.3 Å². The largest absolute Gasteiger partial charge is 0.493 e. The number of likely N-dealkylation sites (N-methyl/N-ethyl adjacent to an activating group) is 1. The van der Waals surface area contributed by atoms with Crippen LogP contribution in [0.3, 0.4) is 0 Å². The van der Waals surface area contributed by atoms with E-state index in [1.165, 1.54) is 13.2 Å². The van der Waals surface area contributed by atoms with E-state index in [0.717, 1.165) is 29.0 Å². The lowest BCUT2D eigenvalue weighted by Gasteiger charge is -2.20. The van der Waals surface area contributed by atoms with E-state index in [-0.39, 0.29) is 28.5 Å². The van der Waals surface area contributed by atoms with Crippen LogP contribution in [0.15, 0.2) is 76.3 Å². The first-order valence-corrected chi connectivity index (χ1v) is 14.0. The summed E-state index contributed by atoms with van der Waals surface area (Å²) in [7, 11) is 4.76. The van der Waals surface area contributed by atoms with Gasteiger partial charge in [0.05, 0.1) is 26.0 Å². The van der Waals surface area contributed by atoms with Crippen LogP contribution in [0.5, 0.6) is 11.5 Å². The smallest absolute Gasteiger partial charge is 0.433 e. The van der Waals surface area contributed by atoms with Gasteiger partial charge in [0.2, 0.25) is 0 Å². The van der Waals surface area contributed by atoms with Gasteiger partial charge in [-0.25, -0.2) is 9.97 Å². The first-order chi connectivity index (χ1) is 20.1. The molecule has 0 bridgehead atoms. The molecule has 0 saturated heterocycles. The molecule has 0 aliphatic carbocycles. The minimum Gasteiger partial charge on any atom is -0.493 e. The zero-order valence-electron chi connectivity index (χ0n) is 23.6. The molecule has 42 heavy (non-hydrogen) atoms. The normalized spacial score (nSPS) is 12.1. The number of nitrogens with zero attached hydrogens (tertiary/aromatic N) is 3. The number of amides is 1. The molecule has 0 aliphatic rings. The number of carbonyl (C=O) groups is 1. The van der Waals surface area contributed by atoms with Gasteiger partial charge in [0.25, 0.3) is 5.91 Å². The van der Waals surface area contributed by atoms with Gasteiger partial charge in [-0.2, -0.15) is 13.2 Å². The molecule has 1 N–H and O–H groups in total. The van der Waals surface area contributed by atoms with Crippen LogP contribution in [0.1, 0.15) is 46.1 Å². The van der Waals surface area contributed by atoms with Crippen LogP contribution in [0.2, 0.25) is 0 Å². The van der Waals surface area contributed by atoms with Crippen molar-refractivity contribution in [1.29, 1.82) is 0 Å². The topological polar surface area (TPSA) is 89.7 Å². The van der Waals surface area contributed by atoms with Crippen LogP contribution in [0.25, 0.3) is 0 Å². The maximum atomic E-state index is 13.7. The van der Waals surface area contributed by atoms with Crippen LogP contribution in [0, 0.1) is 0 Å². The van der Waals surface area contributed by atoms with E-state index >= 15 is 0 Å². The fraction of sp³-hybridized carbons (Fsp3) is 0.300. The van der Waals surface area contributed by atoms with Gasteiger partial charge < -0.3 is 24.1 Å². The third-order valence-electron chi connectivity index (χ3n) is 6.43. The molecule has 4 aromatic rings.